The first-order valence-corrected chi connectivity index (χ1v) is 12.5. The molecule has 1 aromatic carbocycles. The molecule has 0 saturated carbocycles. The number of hydrogen-bond acceptors (Lipinski definition) is 10. The number of amides is 2. The highest BCUT2D eigenvalue weighted by Gasteiger charge is 2.64. The van der Waals surface area contributed by atoms with Crippen molar-refractivity contribution in [2.75, 3.05) is 13.6 Å². The largest absolute Gasteiger partial charge is 0.454 e. The molecule has 37 heavy (non-hydrogen) atoms. The fraction of sp³-hybridized carbons (Fsp3) is 0.583. The Morgan fingerprint density at radius 2 is 1.89 bits per heavy atom. The molecule has 3 heterocycles. The van der Waals surface area contributed by atoms with Gasteiger partial charge in [0.05, 0.1) is 11.5 Å². The molecule has 13 heteroatoms. The predicted molar refractivity (Wildman–Crippen MR) is 136 cm³/mol. The van der Waals surface area contributed by atoms with Gasteiger partial charge in [0.2, 0.25) is 25.4 Å². The Balaban J connectivity index is 0.00000380. The number of carbonyl (C=O) groups excluding carboxylic acids is 4. The fourth-order valence-electron chi connectivity index (χ4n) is 4.24. The number of nitrogens with zero attached hydrogens (tertiary/aromatic N) is 1. The van der Waals surface area contributed by atoms with E-state index in [9.17, 15) is 19.2 Å². The minimum absolute atomic E-state index is 0. The molecule has 0 radical (unpaired) electrons. The van der Waals surface area contributed by atoms with Crippen molar-refractivity contribution in [3.05, 3.63) is 23.8 Å². The lowest BCUT2D eigenvalue weighted by atomic mass is 9.95. The molecule has 1 unspecified atom stereocenters. The van der Waals surface area contributed by atoms with Gasteiger partial charge in [-0.1, -0.05) is 6.07 Å². The highest BCUT2D eigenvalue weighted by Crippen LogP contribution is 2.51. The lowest BCUT2D eigenvalue weighted by molar-refractivity contribution is -0.180. The van der Waals surface area contributed by atoms with Gasteiger partial charge in [-0.3, -0.25) is 14.4 Å². The van der Waals surface area contributed by atoms with Crippen LogP contribution >= 0.6 is 24.2 Å². The van der Waals surface area contributed by atoms with Crippen LogP contribution in [0.15, 0.2) is 18.2 Å². The van der Waals surface area contributed by atoms with E-state index in [4.69, 9.17) is 24.7 Å². The van der Waals surface area contributed by atoms with Gasteiger partial charge in [-0.25, -0.2) is 4.79 Å². The monoisotopic (exact) mass is 557 g/mol. The molecule has 0 bridgehead atoms. The van der Waals surface area contributed by atoms with Gasteiger partial charge in [0.1, 0.15) is 17.5 Å². The highest BCUT2D eigenvalue weighted by atomic mass is 35.5. The molecule has 11 nitrogen and oxygen atoms in total. The smallest absolute Gasteiger partial charge is 0.333 e. The molecule has 3 aliphatic heterocycles. The third kappa shape index (κ3) is 5.75. The Bertz CT molecular complexity index is 1090. The van der Waals surface area contributed by atoms with E-state index in [1.807, 2.05) is 13.8 Å². The van der Waals surface area contributed by atoms with Crippen LogP contribution in [0.1, 0.15) is 40.2 Å². The summed E-state index contributed by atoms with van der Waals surface area (Å²) in [5.74, 6) is -0.805. The summed E-state index contributed by atoms with van der Waals surface area (Å²) in [4.78, 5) is 51.8. The van der Waals surface area contributed by atoms with E-state index in [0.717, 1.165) is 5.56 Å². The number of benzene rings is 1. The van der Waals surface area contributed by atoms with E-state index in [0.29, 0.717) is 11.5 Å². The van der Waals surface area contributed by atoms with Gasteiger partial charge in [0, 0.05) is 4.75 Å². The third-order valence-electron chi connectivity index (χ3n) is 6.19. The number of hydrogen-bond donors (Lipinski definition) is 2. The number of ether oxygens (including phenoxy) is 4. The average molecular weight is 558 g/mol. The second-order valence-corrected chi connectivity index (χ2v) is 12.3. The van der Waals surface area contributed by atoms with E-state index in [2.05, 4.69) is 5.32 Å². The normalized spacial score (nSPS) is 23.8. The summed E-state index contributed by atoms with van der Waals surface area (Å²) in [7, 11) is 0. The van der Waals surface area contributed by atoms with Crippen molar-refractivity contribution < 1.29 is 38.1 Å². The molecule has 0 spiro atoms. The van der Waals surface area contributed by atoms with E-state index >= 15 is 0 Å². The Morgan fingerprint density at radius 3 is 2.57 bits per heavy atom. The Kier molecular flexibility index (Phi) is 8.25. The number of β-lactam (4-membered cyclic amide) rings is 1. The summed E-state index contributed by atoms with van der Waals surface area (Å²) in [5.41, 5.74) is 6.18. The summed E-state index contributed by atoms with van der Waals surface area (Å²) in [6.07, 6.45) is 0.249. The molecule has 204 valence electrons. The molecular weight excluding hydrogens is 526 g/mol. The van der Waals surface area contributed by atoms with Gasteiger partial charge < -0.3 is 34.9 Å². The number of nitrogens with two attached hydrogens (primary N) is 1. The number of thioether (sulfide) groups is 1. The third-order valence-corrected chi connectivity index (χ3v) is 7.77. The van der Waals surface area contributed by atoms with Crippen LogP contribution in [0.25, 0.3) is 0 Å². The Hall–Kier alpha value is -2.70. The first-order chi connectivity index (χ1) is 16.8. The minimum Gasteiger partial charge on any atom is -0.454 e. The van der Waals surface area contributed by atoms with Crippen LogP contribution in [0.3, 0.4) is 0 Å². The standard InChI is InChI=1S/C24H31N3O8S.ClH/c1-23(2,3)22(31)35-11-34-21(30)17-24(4,5)36-20-16(19(29)27(17)20)26-18(28)13(25)8-12-6-7-14-15(9-12)33-10-32-14;/h6-7,9,13,16-17,20H,8,10-11,25H2,1-5H3,(H,26,28);1H/t13?,16-,17+,20-;/m1./s1. The highest BCUT2D eigenvalue weighted by molar-refractivity contribution is 8.01. The van der Waals surface area contributed by atoms with Crippen LogP contribution in [-0.2, 0) is 35.1 Å². The van der Waals surface area contributed by atoms with Crippen LogP contribution < -0.4 is 20.5 Å². The maximum Gasteiger partial charge on any atom is 0.333 e. The number of fused-ring (bicyclic) bond motifs is 2. The molecule has 1 aromatic rings. The topological polar surface area (TPSA) is 146 Å². The first-order valence-electron chi connectivity index (χ1n) is 11.6. The van der Waals surface area contributed by atoms with Crippen LogP contribution in [0.4, 0.5) is 0 Å². The molecule has 2 amide bonds. The zero-order valence-electron chi connectivity index (χ0n) is 21.3. The number of esters is 2. The number of halogens is 1. The van der Waals surface area contributed by atoms with Gasteiger partial charge in [-0.2, -0.15) is 0 Å². The predicted octanol–water partition coefficient (Wildman–Crippen LogP) is 1.34. The van der Waals surface area contributed by atoms with Gasteiger partial charge >= 0.3 is 11.9 Å². The Morgan fingerprint density at radius 1 is 1.22 bits per heavy atom. The van der Waals surface area contributed by atoms with Gasteiger partial charge in [-0.15, -0.1) is 24.2 Å². The molecule has 3 aliphatic rings. The molecule has 3 N–H and O–H groups in total. The quantitative estimate of drug-likeness (QED) is 0.286. The zero-order valence-corrected chi connectivity index (χ0v) is 22.9. The maximum absolute atomic E-state index is 12.9. The summed E-state index contributed by atoms with van der Waals surface area (Å²) in [5, 5.41) is 2.29. The van der Waals surface area contributed by atoms with Crippen molar-refractivity contribution in [2.45, 2.75) is 69.3 Å². The second kappa shape index (κ2) is 10.6. The molecule has 0 aromatic heterocycles. The minimum atomic E-state index is -0.885. The summed E-state index contributed by atoms with van der Waals surface area (Å²) < 4.78 is 20.1. The number of nitrogens with one attached hydrogen (secondary N) is 1. The summed E-state index contributed by atoms with van der Waals surface area (Å²) in [6.45, 7) is 8.32. The maximum atomic E-state index is 12.9. The number of carbonyl (C=O) groups is 4. The van der Waals surface area contributed by atoms with Crippen molar-refractivity contribution in [2.24, 2.45) is 11.1 Å². The first kappa shape index (κ1) is 28.9. The van der Waals surface area contributed by atoms with Gasteiger partial charge in [-0.05, 0) is 58.7 Å². The fourth-order valence-corrected chi connectivity index (χ4v) is 5.86. The SMILES string of the molecule is CC(C)(C)C(=O)OCOC(=O)[C@@H]1N2C(=O)[C@@H](NC(=O)C(N)Cc3ccc4c(c3)OCO4)[C@H]2SC1(C)C.Cl. The van der Waals surface area contributed by atoms with Crippen molar-refractivity contribution in [3.8, 4) is 11.5 Å². The van der Waals surface area contributed by atoms with Crippen molar-refractivity contribution in [3.63, 3.8) is 0 Å². The Labute approximate surface area is 225 Å². The molecule has 2 saturated heterocycles. The molecular formula is C24H32ClN3O8S. The second-order valence-electron chi connectivity index (χ2n) is 10.5. The van der Waals surface area contributed by atoms with Crippen molar-refractivity contribution in [1.29, 1.82) is 0 Å². The van der Waals surface area contributed by atoms with E-state index in [1.54, 1.807) is 39.0 Å². The van der Waals surface area contributed by atoms with Crippen molar-refractivity contribution >= 4 is 47.9 Å². The van der Waals surface area contributed by atoms with Gasteiger partial charge in [0.25, 0.3) is 0 Å². The summed E-state index contributed by atoms with van der Waals surface area (Å²) in [6, 6.07) is 2.77. The molecule has 2 fully saturated rings. The van der Waals surface area contributed by atoms with E-state index in [-0.39, 0.29) is 25.6 Å². The van der Waals surface area contributed by atoms with Crippen LogP contribution in [0.5, 0.6) is 11.5 Å². The lowest BCUT2D eigenvalue weighted by Crippen LogP contribution is -2.71. The van der Waals surface area contributed by atoms with E-state index < -0.39 is 64.2 Å². The van der Waals surface area contributed by atoms with Crippen molar-refractivity contribution in [1.82, 2.24) is 10.2 Å². The average Bonchev–Trinajstić information content (AvgIpc) is 3.35. The number of rotatable bonds is 7. The van der Waals surface area contributed by atoms with E-state index in [1.165, 1.54) is 16.7 Å². The van der Waals surface area contributed by atoms with Crippen LogP contribution in [-0.4, -0.2) is 70.5 Å². The summed E-state index contributed by atoms with van der Waals surface area (Å²) >= 11 is 1.39. The van der Waals surface area contributed by atoms with Crippen LogP contribution in [0.2, 0.25) is 0 Å². The molecule has 4 atom stereocenters. The lowest BCUT2D eigenvalue weighted by Gasteiger charge is -2.44. The van der Waals surface area contributed by atoms with Gasteiger partial charge in [0.15, 0.2) is 11.5 Å². The van der Waals surface area contributed by atoms with Crippen LogP contribution in [0, 0.1) is 5.41 Å². The zero-order chi connectivity index (χ0) is 26.4. The molecule has 0 aliphatic carbocycles. The molecule has 4 rings (SSSR count).